The molecule has 1 N–H and O–H groups in total. The van der Waals surface area contributed by atoms with Crippen molar-refractivity contribution < 1.29 is 0 Å². The minimum Gasteiger partial charge on any atom is -0.315 e. The maximum Gasteiger partial charge on any atom is 0.0968 e. The molecule has 2 nitrogen and oxygen atoms in total. The molecule has 0 spiro atoms. The first-order valence-corrected chi connectivity index (χ1v) is 7.22. The van der Waals surface area contributed by atoms with E-state index in [9.17, 15) is 0 Å². The van der Waals surface area contributed by atoms with Crippen LogP contribution in [0.3, 0.4) is 0 Å². The number of nitrogens with one attached hydrogen (secondary N) is 1. The Morgan fingerprint density at radius 1 is 1.41 bits per heavy atom. The molecular formula is C14H24N2S. The van der Waals surface area contributed by atoms with Crippen LogP contribution in [0.25, 0.3) is 0 Å². The van der Waals surface area contributed by atoms with E-state index < -0.39 is 0 Å². The maximum absolute atomic E-state index is 4.94. The van der Waals surface area contributed by atoms with E-state index in [1.54, 1.807) is 0 Å². The van der Waals surface area contributed by atoms with Crippen molar-refractivity contribution in [2.24, 2.45) is 5.41 Å². The Bertz CT molecular complexity index is 412. The van der Waals surface area contributed by atoms with Crippen molar-refractivity contribution in [1.29, 1.82) is 0 Å². The Kier molecular flexibility index (Phi) is 3.11. The first-order chi connectivity index (χ1) is 7.75. The zero-order valence-corrected chi connectivity index (χ0v) is 12.7. The summed E-state index contributed by atoms with van der Waals surface area (Å²) in [4.78, 5) is 6.35. The number of aromatic nitrogens is 1. The van der Waals surface area contributed by atoms with Gasteiger partial charge < -0.3 is 5.32 Å². The standard InChI is InChI=1S/C14H24N2S/c1-13(2,3)11-10(8-15-6)17-12(16-11)9-7-14(9,4)5/h9,15H,7-8H2,1-6H3. The predicted octanol–water partition coefficient (Wildman–Crippen LogP) is 3.67. The largest absolute Gasteiger partial charge is 0.315 e. The highest BCUT2D eigenvalue weighted by atomic mass is 32.1. The minimum absolute atomic E-state index is 0.153. The van der Waals surface area contributed by atoms with Crippen molar-refractivity contribution in [1.82, 2.24) is 10.3 Å². The quantitative estimate of drug-likeness (QED) is 0.888. The topological polar surface area (TPSA) is 24.9 Å². The van der Waals surface area contributed by atoms with Gasteiger partial charge in [0.25, 0.3) is 0 Å². The smallest absolute Gasteiger partial charge is 0.0968 e. The van der Waals surface area contributed by atoms with E-state index in [1.807, 2.05) is 18.4 Å². The first-order valence-electron chi connectivity index (χ1n) is 6.40. The Labute approximate surface area is 109 Å². The van der Waals surface area contributed by atoms with E-state index in [0.29, 0.717) is 11.3 Å². The summed E-state index contributed by atoms with van der Waals surface area (Å²) in [6.45, 7) is 12.4. The summed E-state index contributed by atoms with van der Waals surface area (Å²) >= 11 is 1.91. The average Bonchev–Trinajstić information content (AvgIpc) is 2.63. The zero-order valence-electron chi connectivity index (χ0n) is 11.8. The number of rotatable bonds is 3. The molecule has 0 amide bonds. The first kappa shape index (κ1) is 13.0. The molecule has 0 radical (unpaired) electrons. The second kappa shape index (κ2) is 4.06. The van der Waals surface area contributed by atoms with E-state index in [1.165, 1.54) is 22.0 Å². The van der Waals surface area contributed by atoms with E-state index in [4.69, 9.17) is 4.98 Å². The van der Waals surface area contributed by atoms with Crippen molar-refractivity contribution in [3.8, 4) is 0 Å². The van der Waals surface area contributed by atoms with Gasteiger partial charge in [0.2, 0.25) is 0 Å². The summed E-state index contributed by atoms with van der Waals surface area (Å²) in [7, 11) is 2.01. The van der Waals surface area contributed by atoms with E-state index in [2.05, 4.69) is 39.9 Å². The Morgan fingerprint density at radius 2 is 2.00 bits per heavy atom. The fourth-order valence-corrected chi connectivity index (χ4v) is 3.87. The summed E-state index contributed by atoms with van der Waals surface area (Å²) in [5.41, 5.74) is 1.92. The van der Waals surface area contributed by atoms with Crippen LogP contribution in [0.4, 0.5) is 0 Å². The van der Waals surface area contributed by atoms with Crippen LogP contribution < -0.4 is 5.32 Å². The summed E-state index contributed by atoms with van der Waals surface area (Å²) in [5, 5.41) is 4.61. The molecule has 1 saturated carbocycles. The summed E-state index contributed by atoms with van der Waals surface area (Å²) in [5.74, 6) is 0.694. The lowest BCUT2D eigenvalue weighted by atomic mass is 9.91. The number of hydrogen-bond acceptors (Lipinski definition) is 3. The van der Waals surface area contributed by atoms with Gasteiger partial charge in [-0.25, -0.2) is 4.98 Å². The zero-order chi connectivity index (χ0) is 12.8. The van der Waals surface area contributed by atoms with Gasteiger partial charge in [0.15, 0.2) is 0 Å². The fourth-order valence-electron chi connectivity index (χ4n) is 2.27. The van der Waals surface area contributed by atoms with Crippen molar-refractivity contribution in [3.05, 3.63) is 15.6 Å². The molecule has 17 heavy (non-hydrogen) atoms. The lowest BCUT2D eigenvalue weighted by Crippen LogP contribution is -2.16. The molecule has 1 aliphatic carbocycles. The molecule has 1 aromatic heterocycles. The molecule has 1 aromatic rings. The van der Waals surface area contributed by atoms with Crippen molar-refractivity contribution in [2.75, 3.05) is 7.05 Å². The molecule has 0 aromatic carbocycles. The van der Waals surface area contributed by atoms with Gasteiger partial charge in [0, 0.05) is 22.8 Å². The second-order valence-corrected chi connectivity index (χ2v) is 7.96. The third kappa shape index (κ3) is 2.55. The third-order valence-corrected chi connectivity index (χ3v) is 4.74. The number of nitrogens with zero attached hydrogens (tertiary/aromatic N) is 1. The van der Waals surface area contributed by atoms with Crippen LogP contribution in [0.15, 0.2) is 0 Å². The Hall–Kier alpha value is -0.410. The highest BCUT2D eigenvalue weighted by Crippen LogP contribution is 2.59. The normalized spacial score (nSPS) is 22.8. The van der Waals surface area contributed by atoms with Crippen LogP contribution in [0.1, 0.15) is 62.5 Å². The fraction of sp³-hybridized carbons (Fsp3) is 0.786. The van der Waals surface area contributed by atoms with Crippen molar-refractivity contribution in [2.45, 2.75) is 58.9 Å². The number of thiazole rings is 1. The van der Waals surface area contributed by atoms with E-state index in [-0.39, 0.29) is 5.41 Å². The summed E-state index contributed by atoms with van der Waals surface area (Å²) < 4.78 is 0. The molecule has 0 bridgehead atoms. The van der Waals surface area contributed by atoms with Crippen molar-refractivity contribution in [3.63, 3.8) is 0 Å². The maximum atomic E-state index is 4.94. The van der Waals surface area contributed by atoms with Crippen molar-refractivity contribution >= 4 is 11.3 Å². The van der Waals surface area contributed by atoms with Crippen LogP contribution >= 0.6 is 11.3 Å². The molecule has 1 aliphatic rings. The monoisotopic (exact) mass is 252 g/mol. The Balaban J connectivity index is 2.32. The molecule has 3 heteroatoms. The van der Waals surface area contributed by atoms with Crippen LogP contribution in [-0.2, 0) is 12.0 Å². The lowest BCUT2D eigenvalue weighted by molar-refractivity contribution is 0.558. The van der Waals surface area contributed by atoms with Gasteiger partial charge in [-0.05, 0) is 18.9 Å². The van der Waals surface area contributed by atoms with E-state index >= 15 is 0 Å². The number of hydrogen-bond donors (Lipinski definition) is 1. The molecule has 0 saturated heterocycles. The van der Waals surface area contributed by atoms with Gasteiger partial charge in [-0.3, -0.25) is 0 Å². The molecule has 1 unspecified atom stereocenters. The second-order valence-electron chi connectivity index (χ2n) is 6.85. The van der Waals surface area contributed by atoms with Gasteiger partial charge in [0.05, 0.1) is 10.7 Å². The third-order valence-electron chi connectivity index (χ3n) is 3.57. The predicted molar refractivity (Wildman–Crippen MR) is 74.7 cm³/mol. The van der Waals surface area contributed by atoms with Gasteiger partial charge in [-0.15, -0.1) is 11.3 Å². The molecular weight excluding hydrogens is 228 g/mol. The van der Waals surface area contributed by atoms with Gasteiger partial charge in [-0.1, -0.05) is 34.6 Å². The van der Waals surface area contributed by atoms with Crippen LogP contribution in [0.5, 0.6) is 0 Å². The molecule has 2 rings (SSSR count). The Morgan fingerprint density at radius 3 is 2.41 bits per heavy atom. The highest BCUT2D eigenvalue weighted by Gasteiger charge is 2.48. The van der Waals surface area contributed by atoms with E-state index in [0.717, 1.165) is 6.54 Å². The van der Waals surface area contributed by atoms with Gasteiger partial charge in [-0.2, -0.15) is 0 Å². The van der Waals surface area contributed by atoms with Gasteiger partial charge in [0.1, 0.15) is 0 Å². The van der Waals surface area contributed by atoms with Gasteiger partial charge >= 0.3 is 0 Å². The minimum atomic E-state index is 0.153. The molecule has 96 valence electrons. The van der Waals surface area contributed by atoms with Crippen LogP contribution in [0.2, 0.25) is 0 Å². The summed E-state index contributed by atoms with van der Waals surface area (Å²) in [6.07, 6.45) is 1.29. The molecule has 1 fully saturated rings. The highest BCUT2D eigenvalue weighted by molar-refractivity contribution is 7.11. The molecule has 1 atom stereocenters. The van der Waals surface area contributed by atoms with Crippen LogP contribution in [-0.4, -0.2) is 12.0 Å². The average molecular weight is 252 g/mol. The summed E-state index contributed by atoms with van der Waals surface area (Å²) in [6, 6.07) is 0. The molecule has 1 heterocycles. The SMILES string of the molecule is CNCc1sc(C2CC2(C)C)nc1C(C)(C)C. The van der Waals surface area contributed by atoms with Crippen LogP contribution in [0, 0.1) is 5.41 Å². The molecule has 0 aliphatic heterocycles. The lowest BCUT2D eigenvalue weighted by Gasteiger charge is -2.17.